The molecule has 1 fully saturated rings. The second-order valence-electron chi connectivity index (χ2n) is 7.62. The van der Waals surface area contributed by atoms with Crippen LogP contribution in [-0.4, -0.2) is 36.3 Å². The van der Waals surface area contributed by atoms with Gasteiger partial charge in [-0.2, -0.15) is 0 Å². The highest BCUT2D eigenvalue weighted by Crippen LogP contribution is 2.38. The molecule has 0 aromatic heterocycles. The molecule has 0 saturated heterocycles. The number of carbonyl (C=O) groups is 2. The summed E-state index contributed by atoms with van der Waals surface area (Å²) >= 11 is 0. The van der Waals surface area contributed by atoms with Crippen LogP contribution in [0, 0.1) is 12.3 Å². The number of anilines is 1. The van der Waals surface area contributed by atoms with Crippen LogP contribution in [0.2, 0.25) is 0 Å². The number of rotatable bonds is 8. The van der Waals surface area contributed by atoms with Crippen molar-refractivity contribution < 1.29 is 9.59 Å². The molecule has 0 radical (unpaired) electrons. The predicted molar refractivity (Wildman–Crippen MR) is 106 cm³/mol. The van der Waals surface area contributed by atoms with Gasteiger partial charge in [-0.05, 0) is 49.8 Å². The molecule has 1 aromatic rings. The van der Waals surface area contributed by atoms with Gasteiger partial charge in [-0.3, -0.25) is 9.59 Å². The number of nitrogens with two attached hydrogens (primary N) is 1. The van der Waals surface area contributed by atoms with Crippen LogP contribution < -0.4 is 11.1 Å². The second kappa shape index (κ2) is 9.72. The highest BCUT2D eigenvalue weighted by atomic mass is 16.2. The summed E-state index contributed by atoms with van der Waals surface area (Å²) in [5.41, 5.74) is 7.77. The van der Waals surface area contributed by atoms with Crippen molar-refractivity contribution in [1.82, 2.24) is 4.90 Å². The molecular weight excluding hydrogens is 326 g/mol. The summed E-state index contributed by atoms with van der Waals surface area (Å²) in [7, 11) is 0. The monoisotopic (exact) mass is 359 g/mol. The molecule has 1 saturated carbocycles. The first-order chi connectivity index (χ1) is 12.5. The Balaban J connectivity index is 1.99. The molecule has 5 nitrogen and oxygen atoms in total. The summed E-state index contributed by atoms with van der Waals surface area (Å²) in [5.74, 6) is -0.0920. The van der Waals surface area contributed by atoms with E-state index in [4.69, 9.17) is 5.73 Å². The van der Waals surface area contributed by atoms with E-state index >= 15 is 0 Å². The van der Waals surface area contributed by atoms with Crippen molar-refractivity contribution in [2.75, 3.05) is 25.0 Å². The maximum absolute atomic E-state index is 12.9. The zero-order chi connectivity index (χ0) is 19.0. The van der Waals surface area contributed by atoms with Crippen molar-refractivity contribution in [3.05, 3.63) is 29.8 Å². The van der Waals surface area contributed by atoms with Crippen LogP contribution >= 0.6 is 0 Å². The number of nitrogens with zero attached hydrogens (tertiary/aromatic N) is 1. The maximum Gasteiger partial charge on any atom is 0.244 e. The molecule has 5 heteroatoms. The normalized spacial score (nSPS) is 16.1. The Morgan fingerprint density at radius 3 is 2.50 bits per heavy atom. The molecule has 3 N–H and O–H groups in total. The van der Waals surface area contributed by atoms with Crippen molar-refractivity contribution in [2.24, 2.45) is 11.1 Å². The van der Waals surface area contributed by atoms with Crippen LogP contribution in [0.25, 0.3) is 0 Å². The molecule has 1 aromatic carbocycles. The molecule has 0 heterocycles. The minimum absolute atomic E-state index is 0.0548. The van der Waals surface area contributed by atoms with Crippen molar-refractivity contribution in [1.29, 1.82) is 0 Å². The third kappa shape index (κ3) is 5.56. The molecule has 0 bridgehead atoms. The molecule has 2 amide bonds. The summed E-state index contributed by atoms with van der Waals surface area (Å²) in [6.07, 6.45) is 6.85. The third-order valence-corrected chi connectivity index (χ3v) is 5.47. The second-order valence-corrected chi connectivity index (χ2v) is 7.62. The first-order valence-electron chi connectivity index (χ1n) is 9.83. The fourth-order valence-corrected chi connectivity index (χ4v) is 3.83. The minimum atomic E-state index is -0.147. The molecule has 144 valence electrons. The van der Waals surface area contributed by atoms with Gasteiger partial charge in [-0.25, -0.2) is 0 Å². The number of aryl methyl sites for hydroxylation is 1. The zero-order valence-corrected chi connectivity index (χ0v) is 16.2. The fourth-order valence-electron chi connectivity index (χ4n) is 3.83. The number of para-hydroxylation sites is 1. The van der Waals surface area contributed by atoms with E-state index < -0.39 is 0 Å². The summed E-state index contributed by atoms with van der Waals surface area (Å²) < 4.78 is 0. The van der Waals surface area contributed by atoms with E-state index in [9.17, 15) is 9.59 Å². The Morgan fingerprint density at radius 2 is 1.88 bits per heavy atom. The molecule has 1 aliphatic carbocycles. The van der Waals surface area contributed by atoms with Crippen molar-refractivity contribution in [3.63, 3.8) is 0 Å². The lowest BCUT2D eigenvalue weighted by Crippen LogP contribution is -2.43. The van der Waals surface area contributed by atoms with E-state index in [1.54, 1.807) is 4.90 Å². The molecule has 0 spiro atoms. The van der Waals surface area contributed by atoms with Crippen molar-refractivity contribution >= 4 is 17.5 Å². The van der Waals surface area contributed by atoms with Crippen molar-refractivity contribution in [2.45, 2.75) is 58.8 Å². The first kappa shape index (κ1) is 20.4. The average molecular weight is 360 g/mol. The Morgan fingerprint density at radius 1 is 1.19 bits per heavy atom. The van der Waals surface area contributed by atoms with Gasteiger partial charge in [0, 0.05) is 18.7 Å². The van der Waals surface area contributed by atoms with E-state index in [2.05, 4.69) is 5.32 Å². The van der Waals surface area contributed by atoms with Gasteiger partial charge in [0.2, 0.25) is 11.8 Å². The standard InChI is InChI=1S/C21H33N3O2/c1-3-13-24(15-19(25)23-18-10-6-5-9-17(18)2)20(26)14-21(16-22)11-7-4-8-12-21/h5-6,9-10H,3-4,7-8,11-16,22H2,1-2H3,(H,23,25). The smallest absolute Gasteiger partial charge is 0.244 e. The van der Waals surface area contributed by atoms with E-state index in [0.29, 0.717) is 19.5 Å². The third-order valence-electron chi connectivity index (χ3n) is 5.47. The Bertz CT molecular complexity index is 609. The largest absolute Gasteiger partial charge is 0.333 e. The predicted octanol–water partition coefficient (Wildman–Crippen LogP) is 3.47. The van der Waals surface area contributed by atoms with Crippen LogP contribution in [0.3, 0.4) is 0 Å². The van der Waals surface area contributed by atoms with Crippen LogP contribution in [0.1, 0.15) is 57.4 Å². The molecule has 26 heavy (non-hydrogen) atoms. The summed E-state index contributed by atoms with van der Waals surface area (Å²) in [4.78, 5) is 27.1. The SMILES string of the molecule is CCCN(CC(=O)Nc1ccccc1C)C(=O)CC1(CN)CCCCC1. The molecule has 2 rings (SSSR count). The van der Waals surface area contributed by atoms with Gasteiger partial charge in [0.25, 0.3) is 0 Å². The quantitative estimate of drug-likeness (QED) is 0.746. The highest BCUT2D eigenvalue weighted by molar-refractivity contribution is 5.95. The average Bonchev–Trinajstić information content (AvgIpc) is 2.64. The number of hydrogen-bond donors (Lipinski definition) is 2. The van der Waals surface area contributed by atoms with E-state index in [1.165, 1.54) is 6.42 Å². The first-order valence-corrected chi connectivity index (χ1v) is 9.83. The molecule has 0 aliphatic heterocycles. The maximum atomic E-state index is 12.9. The van der Waals surface area contributed by atoms with Gasteiger partial charge in [0.15, 0.2) is 0 Å². The van der Waals surface area contributed by atoms with Gasteiger partial charge in [0.05, 0.1) is 6.54 Å². The number of benzene rings is 1. The summed E-state index contributed by atoms with van der Waals surface area (Å²) in [6, 6.07) is 7.67. The van der Waals surface area contributed by atoms with Gasteiger partial charge in [0.1, 0.15) is 0 Å². The van der Waals surface area contributed by atoms with Crippen LogP contribution in [0.15, 0.2) is 24.3 Å². The molecule has 0 unspecified atom stereocenters. The zero-order valence-electron chi connectivity index (χ0n) is 16.2. The molecule has 0 atom stereocenters. The Labute approximate surface area is 157 Å². The van der Waals surface area contributed by atoms with Gasteiger partial charge in [-0.1, -0.05) is 44.4 Å². The fraction of sp³-hybridized carbons (Fsp3) is 0.619. The van der Waals surface area contributed by atoms with Gasteiger partial charge < -0.3 is 16.0 Å². The van der Waals surface area contributed by atoms with E-state index in [-0.39, 0.29) is 23.8 Å². The summed E-state index contributed by atoms with van der Waals surface area (Å²) in [5, 5.41) is 2.92. The number of nitrogens with one attached hydrogen (secondary N) is 1. The number of carbonyl (C=O) groups excluding carboxylic acids is 2. The summed E-state index contributed by atoms with van der Waals surface area (Å²) in [6.45, 7) is 5.23. The van der Waals surface area contributed by atoms with E-state index in [1.807, 2.05) is 38.1 Å². The van der Waals surface area contributed by atoms with Crippen LogP contribution in [0.5, 0.6) is 0 Å². The number of hydrogen-bond acceptors (Lipinski definition) is 3. The lowest BCUT2D eigenvalue weighted by molar-refractivity contribution is -0.137. The molecule has 1 aliphatic rings. The van der Waals surface area contributed by atoms with Crippen LogP contribution in [0.4, 0.5) is 5.69 Å². The molecular formula is C21H33N3O2. The lowest BCUT2D eigenvalue weighted by atomic mass is 9.71. The van der Waals surface area contributed by atoms with E-state index in [0.717, 1.165) is 43.4 Å². The minimum Gasteiger partial charge on any atom is -0.333 e. The van der Waals surface area contributed by atoms with Crippen molar-refractivity contribution in [3.8, 4) is 0 Å². The lowest BCUT2D eigenvalue weighted by Gasteiger charge is -2.37. The highest BCUT2D eigenvalue weighted by Gasteiger charge is 2.34. The van der Waals surface area contributed by atoms with Crippen LogP contribution in [-0.2, 0) is 9.59 Å². The van der Waals surface area contributed by atoms with Gasteiger partial charge in [-0.15, -0.1) is 0 Å². The Kier molecular flexibility index (Phi) is 7.64. The Hall–Kier alpha value is -1.88. The topological polar surface area (TPSA) is 75.4 Å². The van der Waals surface area contributed by atoms with Gasteiger partial charge >= 0.3 is 0 Å². The number of amides is 2.